The molecule has 0 radical (unpaired) electrons. The van der Waals surface area contributed by atoms with Gasteiger partial charge in [0.2, 0.25) is 0 Å². The number of hydrogen-bond donors (Lipinski definition) is 1. The molecule has 1 heterocycles. The first kappa shape index (κ1) is 14.9. The van der Waals surface area contributed by atoms with Crippen LogP contribution >= 0.6 is 0 Å². The van der Waals surface area contributed by atoms with Crippen LogP contribution in [0.5, 0.6) is 0 Å². The lowest BCUT2D eigenvalue weighted by atomic mass is 9.84. The Morgan fingerprint density at radius 1 is 1.41 bits per heavy atom. The van der Waals surface area contributed by atoms with Gasteiger partial charge in [-0.1, -0.05) is 20.8 Å². The summed E-state index contributed by atoms with van der Waals surface area (Å²) in [6.07, 6.45) is 0. The molecule has 0 saturated carbocycles. The SMILES string of the molecule is CCNC(C)C(C)(C)CN1CCOC(C)(C)C1. The number of rotatable bonds is 5. The molecule has 0 aromatic carbocycles. The van der Waals surface area contributed by atoms with Gasteiger partial charge in [0.1, 0.15) is 0 Å². The van der Waals surface area contributed by atoms with E-state index in [1.807, 2.05) is 0 Å². The summed E-state index contributed by atoms with van der Waals surface area (Å²) in [5.74, 6) is 0. The average molecular weight is 242 g/mol. The zero-order valence-corrected chi connectivity index (χ0v) is 12.5. The van der Waals surface area contributed by atoms with E-state index in [9.17, 15) is 0 Å². The second-order valence-corrected chi connectivity index (χ2v) is 6.59. The average Bonchev–Trinajstić information content (AvgIpc) is 2.15. The summed E-state index contributed by atoms with van der Waals surface area (Å²) in [6, 6.07) is 0.540. The molecule has 0 aromatic rings. The van der Waals surface area contributed by atoms with E-state index in [-0.39, 0.29) is 5.60 Å². The molecule has 0 aromatic heterocycles. The van der Waals surface area contributed by atoms with Gasteiger partial charge in [0.05, 0.1) is 12.2 Å². The summed E-state index contributed by atoms with van der Waals surface area (Å²) in [5.41, 5.74) is 0.305. The quantitative estimate of drug-likeness (QED) is 0.799. The molecule has 102 valence electrons. The third kappa shape index (κ3) is 4.57. The molecule has 1 aliphatic rings. The van der Waals surface area contributed by atoms with Crippen LogP contribution < -0.4 is 5.32 Å². The molecule has 1 fully saturated rings. The molecule has 0 aliphatic carbocycles. The first-order valence-electron chi connectivity index (χ1n) is 6.86. The molecule has 3 heteroatoms. The third-order valence-electron chi connectivity index (χ3n) is 3.82. The summed E-state index contributed by atoms with van der Waals surface area (Å²) in [7, 11) is 0. The summed E-state index contributed by atoms with van der Waals surface area (Å²) in [4.78, 5) is 2.54. The summed E-state index contributed by atoms with van der Waals surface area (Å²) >= 11 is 0. The Morgan fingerprint density at radius 2 is 2.06 bits per heavy atom. The van der Waals surface area contributed by atoms with Gasteiger partial charge in [0.25, 0.3) is 0 Å². The molecule has 1 saturated heterocycles. The summed E-state index contributed by atoms with van der Waals surface area (Å²) in [6.45, 7) is 18.7. The largest absolute Gasteiger partial charge is 0.373 e. The molecule has 1 aliphatic heterocycles. The lowest BCUT2D eigenvalue weighted by Gasteiger charge is -2.43. The minimum Gasteiger partial charge on any atom is -0.373 e. The van der Waals surface area contributed by atoms with E-state index < -0.39 is 0 Å². The van der Waals surface area contributed by atoms with Crippen molar-refractivity contribution in [1.29, 1.82) is 0 Å². The lowest BCUT2D eigenvalue weighted by molar-refractivity contribution is -0.0940. The number of morpholine rings is 1. The molecule has 3 nitrogen and oxygen atoms in total. The van der Waals surface area contributed by atoms with Gasteiger partial charge in [0, 0.05) is 25.7 Å². The Bertz CT molecular complexity index is 238. The Labute approximate surface area is 107 Å². The van der Waals surface area contributed by atoms with Crippen LogP contribution in [0.15, 0.2) is 0 Å². The molecule has 0 bridgehead atoms. The van der Waals surface area contributed by atoms with Gasteiger partial charge in [-0.2, -0.15) is 0 Å². The highest BCUT2D eigenvalue weighted by Gasteiger charge is 2.33. The lowest BCUT2D eigenvalue weighted by Crippen LogP contribution is -2.54. The van der Waals surface area contributed by atoms with Crippen molar-refractivity contribution in [2.24, 2.45) is 5.41 Å². The van der Waals surface area contributed by atoms with Crippen molar-refractivity contribution in [3.8, 4) is 0 Å². The number of ether oxygens (including phenoxy) is 1. The van der Waals surface area contributed by atoms with E-state index in [2.05, 4.69) is 51.8 Å². The molecule has 17 heavy (non-hydrogen) atoms. The van der Waals surface area contributed by atoms with Gasteiger partial charge >= 0.3 is 0 Å². The van der Waals surface area contributed by atoms with Crippen LogP contribution in [0, 0.1) is 5.41 Å². The molecule has 1 rings (SSSR count). The fourth-order valence-corrected chi connectivity index (χ4v) is 2.54. The van der Waals surface area contributed by atoms with Gasteiger partial charge in [-0.15, -0.1) is 0 Å². The van der Waals surface area contributed by atoms with E-state index >= 15 is 0 Å². The Balaban J connectivity index is 2.52. The van der Waals surface area contributed by atoms with Crippen molar-refractivity contribution < 1.29 is 4.74 Å². The topological polar surface area (TPSA) is 24.5 Å². The maximum absolute atomic E-state index is 5.76. The molecular weight excluding hydrogens is 212 g/mol. The first-order chi connectivity index (χ1) is 7.77. The molecule has 0 spiro atoms. The van der Waals surface area contributed by atoms with Crippen LogP contribution in [0.4, 0.5) is 0 Å². The van der Waals surface area contributed by atoms with Gasteiger partial charge < -0.3 is 10.1 Å². The van der Waals surface area contributed by atoms with Crippen molar-refractivity contribution in [3.63, 3.8) is 0 Å². The van der Waals surface area contributed by atoms with E-state index in [4.69, 9.17) is 4.74 Å². The predicted molar refractivity (Wildman–Crippen MR) is 73.4 cm³/mol. The van der Waals surface area contributed by atoms with E-state index in [0.29, 0.717) is 11.5 Å². The monoisotopic (exact) mass is 242 g/mol. The van der Waals surface area contributed by atoms with Gasteiger partial charge in [-0.25, -0.2) is 0 Å². The highest BCUT2D eigenvalue weighted by molar-refractivity contribution is 4.87. The second-order valence-electron chi connectivity index (χ2n) is 6.59. The van der Waals surface area contributed by atoms with Crippen molar-refractivity contribution in [1.82, 2.24) is 10.2 Å². The highest BCUT2D eigenvalue weighted by atomic mass is 16.5. The van der Waals surface area contributed by atoms with Crippen LogP contribution in [0.25, 0.3) is 0 Å². The molecule has 1 atom stereocenters. The molecule has 0 amide bonds. The number of nitrogens with one attached hydrogen (secondary N) is 1. The van der Waals surface area contributed by atoms with Gasteiger partial charge in [0.15, 0.2) is 0 Å². The highest BCUT2D eigenvalue weighted by Crippen LogP contribution is 2.25. The fourth-order valence-electron chi connectivity index (χ4n) is 2.54. The zero-order chi connectivity index (χ0) is 13.1. The zero-order valence-electron chi connectivity index (χ0n) is 12.5. The Kier molecular flexibility index (Phi) is 4.99. The second kappa shape index (κ2) is 5.68. The normalized spacial score (nSPS) is 23.6. The van der Waals surface area contributed by atoms with Gasteiger partial charge in [-0.05, 0) is 32.7 Å². The minimum atomic E-state index is 0.00968. The molecule has 1 unspecified atom stereocenters. The Hall–Kier alpha value is -0.120. The Morgan fingerprint density at radius 3 is 2.59 bits per heavy atom. The van der Waals surface area contributed by atoms with E-state index in [0.717, 1.165) is 32.8 Å². The standard InChI is InChI=1S/C14H30N2O/c1-7-15-12(2)13(3,4)10-16-8-9-17-14(5,6)11-16/h12,15H,7-11H2,1-6H3. The summed E-state index contributed by atoms with van der Waals surface area (Å²) in [5, 5.41) is 3.54. The third-order valence-corrected chi connectivity index (χ3v) is 3.82. The van der Waals surface area contributed by atoms with Crippen LogP contribution in [0.2, 0.25) is 0 Å². The number of hydrogen-bond acceptors (Lipinski definition) is 3. The van der Waals surface area contributed by atoms with Crippen molar-refractivity contribution in [3.05, 3.63) is 0 Å². The van der Waals surface area contributed by atoms with Crippen LogP contribution in [-0.4, -0.2) is 49.3 Å². The maximum atomic E-state index is 5.76. The summed E-state index contributed by atoms with van der Waals surface area (Å²) < 4.78 is 5.76. The smallest absolute Gasteiger partial charge is 0.0753 e. The fraction of sp³-hybridized carbons (Fsp3) is 1.00. The van der Waals surface area contributed by atoms with Crippen LogP contribution in [0.3, 0.4) is 0 Å². The molecule has 1 N–H and O–H groups in total. The van der Waals surface area contributed by atoms with Gasteiger partial charge in [-0.3, -0.25) is 4.90 Å². The van der Waals surface area contributed by atoms with Crippen molar-refractivity contribution >= 4 is 0 Å². The number of nitrogens with zero attached hydrogens (tertiary/aromatic N) is 1. The van der Waals surface area contributed by atoms with Crippen molar-refractivity contribution in [2.75, 3.05) is 32.8 Å². The van der Waals surface area contributed by atoms with Crippen LogP contribution in [0.1, 0.15) is 41.5 Å². The van der Waals surface area contributed by atoms with Crippen molar-refractivity contribution in [2.45, 2.75) is 53.2 Å². The van der Waals surface area contributed by atoms with Crippen LogP contribution in [-0.2, 0) is 4.74 Å². The molecular formula is C14H30N2O. The minimum absolute atomic E-state index is 0.00968. The maximum Gasteiger partial charge on any atom is 0.0753 e. The predicted octanol–water partition coefficient (Wildman–Crippen LogP) is 2.12. The first-order valence-corrected chi connectivity index (χ1v) is 6.86. The van der Waals surface area contributed by atoms with E-state index in [1.165, 1.54) is 0 Å². The van der Waals surface area contributed by atoms with E-state index in [1.54, 1.807) is 0 Å².